The number of rotatable bonds is 5. The molecule has 94 valence electrons. The van der Waals surface area contributed by atoms with Gasteiger partial charge in [-0.3, -0.25) is 10.1 Å². The first kappa shape index (κ1) is 12.3. The molecule has 0 aliphatic rings. The van der Waals surface area contributed by atoms with Crippen LogP contribution in [0.3, 0.4) is 0 Å². The summed E-state index contributed by atoms with van der Waals surface area (Å²) in [4.78, 5) is 10.2. The van der Waals surface area contributed by atoms with Crippen molar-refractivity contribution in [1.82, 2.24) is 4.57 Å². The zero-order valence-electron chi connectivity index (χ0n) is 9.95. The van der Waals surface area contributed by atoms with Gasteiger partial charge in [0.25, 0.3) is 5.69 Å². The first-order chi connectivity index (χ1) is 8.72. The Kier molecular flexibility index (Phi) is 3.74. The molecule has 0 unspecified atom stereocenters. The third kappa shape index (κ3) is 2.57. The van der Waals surface area contributed by atoms with Crippen molar-refractivity contribution in [2.24, 2.45) is 5.73 Å². The van der Waals surface area contributed by atoms with E-state index in [1.165, 1.54) is 12.1 Å². The van der Waals surface area contributed by atoms with Crippen LogP contribution in [-0.2, 0) is 6.42 Å². The van der Waals surface area contributed by atoms with Crippen LogP contribution < -0.4 is 5.73 Å². The molecule has 2 aromatic rings. The topological polar surface area (TPSA) is 74.1 Å². The SMILES string of the molecule is NCCCc1cccn1-c1ccc([N+](=O)[O-])cc1. The molecular weight excluding hydrogens is 230 g/mol. The number of nitro groups is 1. The van der Waals surface area contributed by atoms with Gasteiger partial charge in [-0.05, 0) is 43.7 Å². The van der Waals surface area contributed by atoms with E-state index in [0.29, 0.717) is 6.54 Å². The molecule has 0 bridgehead atoms. The van der Waals surface area contributed by atoms with Crippen LogP contribution in [0.25, 0.3) is 5.69 Å². The molecule has 18 heavy (non-hydrogen) atoms. The van der Waals surface area contributed by atoms with E-state index in [1.54, 1.807) is 12.1 Å². The number of nitrogens with zero attached hydrogens (tertiary/aromatic N) is 2. The number of aryl methyl sites for hydroxylation is 1. The first-order valence-corrected chi connectivity index (χ1v) is 5.83. The van der Waals surface area contributed by atoms with Crippen LogP contribution in [0, 0.1) is 10.1 Å². The molecule has 5 nitrogen and oxygen atoms in total. The molecule has 1 heterocycles. The van der Waals surface area contributed by atoms with Gasteiger partial charge in [0, 0.05) is 29.7 Å². The predicted molar refractivity (Wildman–Crippen MR) is 69.8 cm³/mol. The molecule has 0 amide bonds. The molecule has 5 heteroatoms. The van der Waals surface area contributed by atoms with Crippen molar-refractivity contribution in [1.29, 1.82) is 0 Å². The number of nitrogens with two attached hydrogens (primary N) is 1. The van der Waals surface area contributed by atoms with Gasteiger partial charge in [-0.15, -0.1) is 0 Å². The molecular formula is C13H15N3O2. The van der Waals surface area contributed by atoms with Crippen LogP contribution >= 0.6 is 0 Å². The fraction of sp³-hybridized carbons (Fsp3) is 0.231. The summed E-state index contributed by atoms with van der Waals surface area (Å²) in [5.74, 6) is 0. The zero-order chi connectivity index (χ0) is 13.0. The quantitative estimate of drug-likeness (QED) is 0.648. The molecule has 1 aromatic heterocycles. The summed E-state index contributed by atoms with van der Waals surface area (Å²) in [6.45, 7) is 0.658. The summed E-state index contributed by atoms with van der Waals surface area (Å²) >= 11 is 0. The van der Waals surface area contributed by atoms with Gasteiger partial charge in [-0.2, -0.15) is 0 Å². The van der Waals surface area contributed by atoms with Crippen molar-refractivity contribution in [3.8, 4) is 5.69 Å². The van der Waals surface area contributed by atoms with Crippen molar-refractivity contribution < 1.29 is 4.92 Å². The average molecular weight is 245 g/mol. The summed E-state index contributed by atoms with van der Waals surface area (Å²) in [6.07, 6.45) is 3.78. The standard InChI is InChI=1S/C13H15N3O2/c14-9-1-3-11-4-2-10-15(11)12-5-7-13(8-6-12)16(17)18/h2,4-8,10H,1,3,9,14H2. The molecule has 0 saturated carbocycles. The van der Waals surface area contributed by atoms with Crippen LogP contribution in [0.15, 0.2) is 42.6 Å². The fourth-order valence-electron chi connectivity index (χ4n) is 1.89. The first-order valence-electron chi connectivity index (χ1n) is 5.83. The van der Waals surface area contributed by atoms with Crippen molar-refractivity contribution in [2.45, 2.75) is 12.8 Å². The second-order valence-corrected chi connectivity index (χ2v) is 4.04. The Bertz CT molecular complexity index is 531. The molecule has 2 N–H and O–H groups in total. The molecule has 0 aliphatic carbocycles. The summed E-state index contributed by atoms with van der Waals surface area (Å²) in [6, 6.07) is 10.5. The Balaban J connectivity index is 2.25. The van der Waals surface area contributed by atoms with Gasteiger partial charge < -0.3 is 10.3 Å². The van der Waals surface area contributed by atoms with Gasteiger partial charge in [-0.1, -0.05) is 0 Å². The minimum atomic E-state index is -0.394. The monoisotopic (exact) mass is 245 g/mol. The molecule has 0 atom stereocenters. The lowest BCUT2D eigenvalue weighted by Crippen LogP contribution is -2.04. The highest BCUT2D eigenvalue weighted by Gasteiger charge is 2.06. The maximum Gasteiger partial charge on any atom is 0.269 e. The Morgan fingerprint density at radius 1 is 1.22 bits per heavy atom. The number of nitro benzene ring substituents is 1. The molecule has 0 aliphatic heterocycles. The molecule has 1 aromatic carbocycles. The minimum absolute atomic E-state index is 0.106. The van der Waals surface area contributed by atoms with E-state index in [-0.39, 0.29) is 5.69 Å². The average Bonchev–Trinajstić information content (AvgIpc) is 2.84. The van der Waals surface area contributed by atoms with E-state index < -0.39 is 4.92 Å². The molecule has 0 fully saturated rings. The van der Waals surface area contributed by atoms with Crippen molar-refractivity contribution in [3.05, 3.63) is 58.4 Å². The molecule has 0 radical (unpaired) electrons. The van der Waals surface area contributed by atoms with Gasteiger partial charge in [0.1, 0.15) is 0 Å². The smallest absolute Gasteiger partial charge is 0.269 e. The van der Waals surface area contributed by atoms with E-state index in [4.69, 9.17) is 5.73 Å². The Hall–Kier alpha value is -2.14. The van der Waals surface area contributed by atoms with Crippen molar-refractivity contribution >= 4 is 5.69 Å². The van der Waals surface area contributed by atoms with Gasteiger partial charge in [0.05, 0.1) is 4.92 Å². The van der Waals surface area contributed by atoms with Crippen LogP contribution in [0.2, 0.25) is 0 Å². The molecule has 2 rings (SSSR count). The van der Waals surface area contributed by atoms with Crippen molar-refractivity contribution in [3.63, 3.8) is 0 Å². The number of hydrogen-bond acceptors (Lipinski definition) is 3. The summed E-state index contributed by atoms with van der Waals surface area (Å²) in [5.41, 5.74) is 7.70. The summed E-state index contributed by atoms with van der Waals surface area (Å²) in [5, 5.41) is 10.6. The maximum absolute atomic E-state index is 10.6. The highest BCUT2D eigenvalue weighted by Crippen LogP contribution is 2.18. The van der Waals surface area contributed by atoms with Gasteiger partial charge in [-0.25, -0.2) is 0 Å². The largest absolute Gasteiger partial charge is 0.330 e. The van der Waals surface area contributed by atoms with E-state index in [0.717, 1.165) is 24.2 Å². The van der Waals surface area contributed by atoms with Crippen LogP contribution in [0.1, 0.15) is 12.1 Å². The summed E-state index contributed by atoms with van der Waals surface area (Å²) in [7, 11) is 0. The van der Waals surface area contributed by atoms with Crippen LogP contribution in [0.4, 0.5) is 5.69 Å². The normalized spacial score (nSPS) is 10.5. The second kappa shape index (κ2) is 5.46. The number of non-ortho nitro benzene ring substituents is 1. The van der Waals surface area contributed by atoms with Crippen LogP contribution in [0.5, 0.6) is 0 Å². The van der Waals surface area contributed by atoms with Gasteiger partial charge in [0.2, 0.25) is 0 Å². The lowest BCUT2D eigenvalue weighted by molar-refractivity contribution is -0.384. The third-order valence-corrected chi connectivity index (χ3v) is 2.81. The van der Waals surface area contributed by atoms with E-state index in [2.05, 4.69) is 0 Å². The van der Waals surface area contributed by atoms with E-state index in [1.807, 2.05) is 22.9 Å². The van der Waals surface area contributed by atoms with Crippen LogP contribution in [-0.4, -0.2) is 16.0 Å². The zero-order valence-corrected chi connectivity index (χ0v) is 9.95. The van der Waals surface area contributed by atoms with E-state index in [9.17, 15) is 10.1 Å². The minimum Gasteiger partial charge on any atom is -0.330 e. The Labute approximate surface area is 105 Å². The number of benzene rings is 1. The lowest BCUT2D eigenvalue weighted by atomic mass is 10.2. The molecule has 0 saturated heterocycles. The Morgan fingerprint density at radius 2 is 1.94 bits per heavy atom. The predicted octanol–water partition coefficient (Wildman–Crippen LogP) is 2.28. The second-order valence-electron chi connectivity index (χ2n) is 4.04. The summed E-state index contributed by atoms with van der Waals surface area (Å²) < 4.78 is 2.03. The fourth-order valence-corrected chi connectivity index (χ4v) is 1.89. The highest BCUT2D eigenvalue weighted by atomic mass is 16.6. The molecule has 0 spiro atoms. The van der Waals surface area contributed by atoms with E-state index >= 15 is 0 Å². The van der Waals surface area contributed by atoms with Crippen molar-refractivity contribution in [2.75, 3.05) is 6.54 Å². The van der Waals surface area contributed by atoms with Gasteiger partial charge >= 0.3 is 0 Å². The highest BCUT2D eigenvalue weighted by molar-refractivity contribution is 5.42. The third-order valence-electron chi connectivity index (χ3n) is 2.81. The van der Waals surface area contributed by atoms with Gasteiger partial charge in [0.15, 0.2) is 0 Å². The number of hydrogen-bond donors (Lipinski definition) is 1. The Morgan fingerprint density at radius 3 is 2.56 bits per heavy atom. The number of aromatic nitrogens is 1. The maximum atomic E-state index is 10.6. The lowest BCUT2D eigenvalue weighted by Gasteiger charge is -2.08.